The fourth-order valence-corrected chi connectivity index (χ4v) is 3.54. The number of amides is 1. The number of halogens is 1. The lowest BCUT2D eigenvalue weighted by Crippen LogP contribution is -2.32. The van der Waals surface area contributed by atoms with Gasteiger partial charge in [0.05, 0.1) is 6.61 Å². The summed E-state index contributed by atoms with van der Waals surface area (Å²) in [5, 5.41) is 4.07. The first-order chi connectivity index (χ1) is 13.2. The van der Waals surface area contributed by atoms with Gasteiger partial charge in [-0.15, -0.1) is 0 Å². The SMILES string of the molecule is CCN(CCCOc1ccc(F)cc1)C(=O)c1ccccc1-c1ccsc1. The van der Waals surface area contributed by atoms with Crippen LogP contribution in [0, 0.1) is 5.82 Å². The highest BCUT2D eigenvalue weighted by Gasteiger charge is 2.18. The predicted molar refractivity (Wildman–Crippen MR) is 108 cm³/mol. The number of hydrogen-bond acceptors (Lipinski definition) is 3. The molecule has 0 atom stereocenters. The topological polar surface area (TPSA) is 29.5 Å². The number of carbonyl (C=O) groups is 1. The summed E-state index contributed by atoms with van der Waals surface area (Å²) in [5.41, 5.74) is 2.75. The smallest absolute Gasteiger partial charge is 0.254 e. The van der Waals surface area contributed by atoms with Crippen molar-refractivity contribution in [1.29, 1.82) is 0 Å². The summed E-state index contributed by atoms with van der Waals surface area (Å²) < 4.78 is 18.5. The van der Waals surface area contributed by atoms with Crippen molar-refractivity contribution in [3.05, 3.63) is 76.7 Å². The van der Waals surface area contributed by atoms with E-state index in [-0.39, 0.29) is 11.7 Å². The van der Waals surface area contributed by atoms with Crippen LogP contribution in [0.4, 0.5) is 4.39 Å². The lowest BCUT2D eigenvalue weighted by molar-refractivity contribution is 0.0757. The fraction of sp³-hybridized carbons (Fsp3) is 0.227. The number of thiophene rings is 1. The van der Waals surface area contributed by atoms with Gasteiger partial charge in [0.1, 0.15) is 11.6 Å². The molecule has 0 aliphatic heterocycles. The van der Waals surface area contributed by atoms with Crippen LogP contribution in [0.1, 0.15) is 23.7 Å². The molecule has 140 valence electrons. The quantitative estimate of drug-likeness (QED) is 0.482. The molecule has 0 saturated carbocycles. The summed E-state index contributed by atoms with van der Waals surface area (Å²) in [7, 11) is 0. The molecule has 1 amide bonds. The second-order valence-corrected chi connectivity index (χ2v) is 6.88. The van der Waals surface area contributed by atoms with E-state index in [1.807, 2.05) is 47.5 Å². The van der Waals surface area contributed by atoms with Gasteiger partial charge >= 0.3 is 0 Å². The summed E-state index contributed by atoms with van der Waals surface area (Å²) in [6.45, 7) is 3.69. The van der Waals surface area contributed by atoms with Gasteiger partial charge in [-0.3, -0.25) is 4.79 Å². The number of hydrogen-bond donors (Lipinski definition) is 0. The highest BCUT2D eigenvalue weighted by atomic mass is 32.1. The van der Waals surface area contributed by atoms with Gasteiger partial charge in [0.25, 0.3) is 5.91 Å². The van der Waals surface area contributed by atoms with Crippen molar-refractivity contribution in [3.8, 4) is 16.9 Å². The van der Waals surface area contributed by atoms with Crippen molar-refractivity contribution < 1.29 is 13.9 Å². The zero-order valence-electron chi connectivity index (χ0n) is 15.2. The second kappa shape index (κ2) is 9.33. The maximum absolute atomic E-state index is 13.0. The molecule has 5 heteroatoms. The van der Waals surface area contributed by atoms with Crippen LogP contribution >= 0.6 is 11.3 Å². The van der Waals surface area contributed by atoms with E-state index in [4.69, 9.17) is 4.74 Å². The summed E-state index contributed by atoms with van der Waals surface area (Å²) in [4.78, 5) is 14.9. The Morgan fingerprint density at radius 1 is 1.11 bits per heavy atom. The lowest BCUT2D eigenvalue weighted by Gasteiger charge is -2.22. The Morgan fingerprint density at radius 2 is 1.89 bits per heavy atom. The standard InChI is InChI=1S/C22H22FNO2S/c1-2-24(13-5-14-26-19-10-8-18(23)9-11-19)22(25)21-7-4-3-6-20(21)17-12-15-27-16-17/h3-4,6-12,15-16H,2,5,13-14H2,1H3. The minimum absolute atomic E-state index is 0.0288. The van der Waals surface area contributed by atoms with Gasteiger partial charge in [0.2, 0.25) is 0 Å². The van der Waals surface area contributed by atoms with Gasteiger partial charge in [-0.25, -0.2) is 4.39 Å². The molecule has 3 nitrogen and oxygen atoms in total. The summed E-state index contributed by atoms with van der Waals surface area (Å²) in [5.74, 6) is 0.379. The van der Waals surface area contributed by atoms with Crippen molar-refractivity contribution in [2.24, 2.45) is 0 Å². The molecule has 0 spiro atoms. The first-order valence-corrected chi connectivity index (χ1v) is 9.92. The van der Waals surface area contributed by atoms with Gasteiger partial charge < -0.3 is 9.64 Å². The molecule has 0 aliphatic rings. The van der Waals surface area contributed by atoms with Crippen molar-refractivity contribution in [1.82, 2.24) is 4.90 Å². The summed E-state index contributed by atoms with van der Waals surface area (Å²) >= 11 is 1.62. The summed E-state index contributed by atoms with van der Waals surface area (Å²) in [6.07, 6.45) is 0.706. The van der Waals surface area contributed by atoms with Gasteiger partial charge in [-0.1, -0.05) is 18.2 Å². The Balaban J connectivity index is 1.60. The Labute approximate surface area is 163 Å². The minimum atomic E-state index is -0.283. The Hall–Kier alpha value is -2.66. The van der Waals surface area contributed by atoms with E-state index in [1.54, 1.807) is 23.5 Å². The monoisotopic (exact) mass is 383 g/mol. The predicted octanol–water partition coefficient (Wildman–Crippen LogP) is 5.49. The third kappa shape index (κ3) is 4.95. The lowest BCUT2D eigenvalue weighted by atomic mass is 10.0. The van der Waals surface area contributed by atoms with Crippen LogP contribution in [0.2, 0.25) is 0 Å². The normalized spacial score (nSPS) is 10.6. The average molecular weight is 383 g/mol. The molecule has 0 N–H and O–H groups in total. The Bertz CT molecular complexity index is 862. The number of nitrogens with zero attached hydrogens (tertiary/aromatic N) is 1. The van der Waals surface area contributed by atoms with Gasteiger partial charge in [-0.2, -0.15) is 11.3 Å². The number of rotatable bonds is 8. The van der Waals surface area contributed by atoms with Crippen molar-refractivity contribution >= 4 is 17.2 Å². The summed E-state index contributed by atoms with van der Waals surface area (Å²) in [6, 6.07) is 15.7. The van der Waals surface area contributed by atoms with E-state index in [0.717, 1.165) is 16.7 Å². The first-order valence-electron chi connectivity index (χ1n) is 8.98. The van der Waals surface area contributed by atoms with E-state index in [1.165, 1.54) is 12.1 Å². The molecule has 27 heavy (non-hydrogen) atoms. The molecule has 3 aromatic rings. The van der Waals surface area contributed by atoms with Crippen molar-refractivity contribution in [2.75, 3.05) is 19.7 Å². The van der Waals surface area contributed by atoms with Crippen LogP contribution < -0.4 is 4.74 Å². The molecule has 0 saturated heterocycles. The highest BCUT2D eigenvalue weighted by molar-refractivity contribution is 7.08. The third-order valence-corrected chi connectivity index (χ3v) is 5.00. The van der Waals surface area contributed by atoms with Gasteiger partial charge in [-0.05, 0) is 71.6 Å². The van der Waals surface area contributed by atoms with E-state index in [2.05, 4.69) is 5.38 Å². The molecule has 3 rings (SSSR count). The van der Waals surface area contributed by atoms with Gasteiger partial charge in [0, 0.05) is 18.7 Å². The zero-order valence-corrected chi connectivity index (χ0v) is 16.0. The van der Waals surface area contributed by atoms with Gasteiger partial charge in [0.15, 0.2) is 0 Å². The van der Waals surface area contributed by atoms with Crippen molar-refractivity contribution in [2.45, 2.75) is 13.3 Å². The minimum Gasteiger partial charge on any atom is -0.494 e. The van der Waals surface area contributed by atoms with Crippen LogP contribution in [0.15, 0.2) is 65.4 Å². The molecule has 0 fully saturated rings. The fourth-order valence-electron chi connectivity index (χ4n) is 2.89. The molecule has 1 heterocycles. The Morgan fingerprint density at radius 3 is 2.59 bits per heavy atom. The average Bonchev–Trinajstić information content (AvgIpc) is 3.24. The number of ether oxygens (including phenoxy) is 1. The van der Waals surface area contributed by atoms with E-state index < -0.39 is 0 Å². The second-order valence-electron chi connectivity index (χ2n) is 6.10. The number of benzene rings is 2. The Kier molecular flexibility index (Phi) is 6.60. The maximum atomic E-state index is 13.0. The van der Waals surface area contributed by atoms with Crippen LogP contribution in [0.25, 0.3) is 11.1 Å². The highest BCUT2D eigenvalue weighted by Crippen LogP contribution is 2.26. The maximum Gasteiger partial charge on any atom is 0.254 e. The van der Waals surface area contributed by atoms with E-state index in [0.29, 0.717) is 31.9 Å². The van der Waals surface area contributed by atoms with Crippen LogP contribution in [0.5, 0.6) is 5.75 Å². The molecular formula is C22H22FNO2S. The molecule has 2 aromatic carbocycles. The largest absolute Gasteiger partial charge is 0.494 e. The molecule has 0 bridgehead atoms. The zero-order chi connectivity index (χ0) is 19.1. The number of carbonyl (C=O) groups excluding carboxylic acids is 1. The molecule has 0 aliphatic carbocycles. The third-order valence-electron chi connectivity index (χ3n) is 4.31. The van der Waals surface area contributed by atoms with Crippen LogP contribution in [-0.2, 0) is 0 Å². The molecule has 0 unspecified atom stereocenters. The van der Waals surface area contributed by atoms with Crippen molar-refractivity contribution in [3.63, 3.8) is 0 Å². The molecular weight excluding hydrogens is 361 g/mol. The van der Waals surface area contributed by atoms with Crippen LogP contribution in [-0.4, -0.2) is 30.5 Å². The van der Waals surface area contributed by atoms with E-state index in [9.17, 15) is 9.18 Å². The first kappa shape index (κ1) is 19.1. The molecule has 1 aromatic heterocycles. The van der Waals surface area contributed by atoms with E-state index >= 15 is 0 Å². The van der Waals surface area contributed by atoms with Crippen LogP contribution in [0.3, 0.4) is 0 Å². The molecule has 0 radical (unpaired) electrons.